The van der Waals surface area contributed by atoms with Crippen LogP contribution in [0.2, 0.25) is 0 Å². The molecule has 0 aliphatic carbocycles. The van der Waals surface area contributed by atoms with Crippen molar-refractivity contribution in [1.29, 1.82) is 0 Å². The molecule has 118 valence electrons. The second kappa shape index (κ2) is 7.21. The smallest absolute Gasteiger partial charge is 0.0616 e. The molecule has 4 heteroatoms. The van der Waals surface area contributed by atoms with Crippen LogP contribution in [-0.4, -0.2) is 56.5 Å². The van der Waals surface area contributed by atoms with Gasteiger partial charge in [0.05, 0.1) is 12.7 Å². The van der Waals surface area contributed by atoms with Crippen LogP contribution < -0.4 is 5.73 Å². The minimum absolute atomic E-state index is 0.152. The number of piperidine rings is 1. The van der Waals surface area contributed by atoms with E-state index in [1.807, 2.05) is 0 Å². The number of nitrogens with zero attached hydrogens (tertiary/aromatic N) is 1. The van der Waals surface area contributed by atoms with E-state index in [2.05, 4.69) is 18.7 Å². The summed E-state index contributed by atoms with van der Waals surface area (Å²) in [5, 5.41) is 0. The van der Waals surface area contributed by atoms with Crippen molar-refractivity contribution in [2.75, 3.05) is 40.0 Å². The summed E-state index contributed by atoms with van der Waals surface area (Å²) in [5.74, 6) is 1.23. The highest BCUT2D eigenvalue weighted by Gasteiger charge is 2.43. The third-order valence-corrected chi connectivity index (χ3v) is 5.20. The zero-order chi connectivity index (χ0) is 14.6. The maximum Gasteiger partial charge on any atom is 0.0616 e. The molecule has 0 aromatic rings. The van der Waals surface area contributed by atoms with Gasteiger partial charge in [0.2, 0.25) is 0 Å². The molecule has 3 unspecified atom stereocenters. The highest BCUT2D eigenvalue weighted by atomic mass is 16.5. The summed E-state index contributed by atoms with van der Waals surface area (Å²) in [6.45, 7) is 9.30. The Bertz CT molecular complexity index is 296. The first-order valence-electron chi connectivity index (χ1n) is 8.17. The molecular weight excluding hydrogens is 252 g/mol. The second-order valence-corrected chi connectivity index (χ2v) is 6.95. The summed E-state index contributed by atoms with van der Waals surface area (Å²) in [7, 11) is 1.81. The van der Waals surface area contributed by atoms with Crippen molar-refractivity contribution < 1.29 is 9.47 Å². The van der Waals surface area contributed by atoms with Crippen molar-refractivity contribution in [2.24, 2.45) is 17.6 Å². The van der Waals surface area contributed by atoms with Crippen LogP contribution in [0.4, 0.5) is 0 Å². The molecule has 2 aliphatic rings. The fourth-order valence-corrected chi connectivity index (χ4v) is 3.83. The normalized spacial score (nSPS) is 36.5. The Morgan fingerprint density at radius 2 is 2.25 bits per heavy atom. The van der Waals surface area contributed by atoms with E-state index in [4.69, 9.17) is 15.2 Å². The molecular formula is C16H32N2O2. The monoisotopic (exact) mass is 284 g/mol. The lowest BCUT2D eigenvalue weighted by Crippen LogP contribution is -2.61. The minimum atomic E-state index is 0.152. The maximum absolute atomic E-state index is 6.22. The van der Waals surface area contributed by atoms with E-state index in [1.165, 1.54) is 19.4 Å². The third-order valence-electron chi connectivity index (χ3n) is 5.20. The number of rotatable bonds is 5. The largest absolute Gasteiger partial charge is 0.384 e. The summed E-state index contributed by atoms with van der Waals surface area (Å²) in [6, 6.07) is 0. The average Bonchev–Trinajstić information content (AvgIpc) is 2.48. The molecule has 4 nitrogen and oxygen atoms in total. The lowest BCUT2D eigenvalue weighted by molar-refractivity contribution is -0.0984. The molecule has 2 aliphatic heterocycles. The fourth-order valence-electron chi connectivity index (χ4n) is 3.83. The zero-order valence-corrected chi connectivity index (χ0v) is 13.4. The van der Waals surface area contributed by atoms with Crippen LogP contribution >= 0.6 is 0 Å². The molecule has 0 amide bonds. The topological polar surface area (TPSA) is 47.7 Å². The van der Waals surface area contributed by atoms with Crippen molar-refractivity contribution in [3.63, 3.8) is 0 Å². The Morgan fingerprint density at radius 3 is 2.90 bits per heavy atom. The van der Waals surface area contributed by atoms with Crippen LogP contribution in [0, 0.1) is 11.8 Å². The Balaban J connectivity index is 2.05. The molecule has 2 saturated heterocycles. The Morgan fingerprint density at radius 1 is 1.45 bits per heavy atom. The van der Waals surface area contributed by atoms with Crippen LogP contribution in [0.15, 0.2) is 0 Å². The van der Waals surface area contributed by atoms with Gasteiger partial charge in [-0.05, 0) is 44.1 Å². The van der Waals surface area contributed by atoms with Gasteiger partial charge < -0.3 is 15.2 Å². The third kappa shape index (κ3) is 3.53. The molecule has 0 radical (unpaired) electrons. The molecule has 2 rings (SSSR count). The van der Waals surface area contributed by atoms with E-state index >= 15 is 0 Å². The van der Waals surface area contributed by atoms with Crippen molar-refractivity contribution in [3.8, 4) is 0 Å². The first kappa shape index (κ1) is 16.2. The van der Waals surface area contributed by atoms with Gasteiger partial charge >= 0.3 is 0 Å². The highest BCUT2D eigenvalue weighted by Crippen LogP contribution is 2.35. The fraction of sp³-hybridized carbons (Fsp3) is 1.00. The number of hydrogen-bond acceptors (Lipinski definition) is 4. The van der Waals surface area contributed by atoms with Gasteiger partial charge in [-0.3, -0.25) is 4.90 Å². The molecule has 0 saturated carbocycles. The molecule has 20 heavy (non-hydrogen) atoms. The van der Waals surface area contributed by atoms with Gasteiger partial charge in [-0.2, -0.15) is 0 Å². The molecule has 0 aromatic carbocycles. The zero-order valence-electron chi connectivity index (χ0n) is 13.4. The van der Waals surface area contributed by atoms with Gasteiger partial charge in [0, 0.05) is 32.3 Å². The maximum atomic E-state index is 6.22. The van der Waals surface area contributed by atoms with Crippen LogP contribution in [0.5, 0.6) is 0 Å². The van der Waals surface area contributed by atoms with Crippen LogP contribution in [0.25, 0.3) is 0 Å². The first-order chi connectivity index (χ1) is 9.61. The number of hydrogen-bond donors (Lipinski definition) is 1. The van der Waals surface area contributed by atoms with E-state index in [9.17, 15) is 0 Å². The summed E-state index contributed by atoms with van der Waals surface area (Å²) in [5.41, 5.74) is 6.37. The van der Waals surface area contributed by atoms with Crippen molar-refractivity contribution in [3.05, 3.63) is 0 Å². The number of nitrogens with two attached hydrogens (primary N) is 1. The highest BCUT2D eigenvalue weighted by molar-refractivity contribution is 4.98. The summed E-state index contributed by atoms with van der Waals surface area (Å²) >= 11 is 0. The quantitative estimate of drug-likeness (QED) is 0.837. The van der Waals surface area contributed by atoms with Gasteiger partial charge in [0.15, 0.2) is 0 Å². The second-order valence-electron chi connectivity index (χ2n) is 6.95. The van der Waals surface area contributed by atoms with Crippen molar-refractivity contribution >= 4 is 0 Å². The van der Waals surface area contributed by atoms with Gasteiger partial charge in [-0.25, -0.2) is 0 Å². The molecule has 2 fully saturated rings. The SMILES string of the molecule is COCC1CCCN(C2(CN)CCOC(C(C)C)C2)C1. The number of ether oxygens (including phenoxy) is 2. The summed E-state index contributed by atoms with van der Waals surface area (Å²) in [4.78, 5) is 2.65. The van der Waals surface area contributed by atoms with E-state index in [0.717, 1.165) is 39.1 Å². The lowest BCUT2D eigenvalue weighted by Gasteiger charge is -2.51. The molecule has 2 heterocycles. The van der Waals surface area contributed by atoms with Crippen molar-refractivity contribution in [1.82, 2.24) is 4.90 Å². The number of likely N-dealkylation sites (tertiary alicyclic amines) is 1. The Hall–Kier alpha value is -0.160. The standard InChI is InChI=1S/C16H32N2O2/c1-13(2)15-9-16(12-17,6-8-20-15)18-7-4-5-14(10-18)11-19-3/h13-15H,4-12,17H2,1-3H3. The Labute approximate surface area is 124 Å². The summed E-state index contributed by atoms with van der Waals surface area (Å²) < 4.78 is 11.3. The molecule has 2 N–H and O–H groups in total. The van der Waals surface area contributed by atoms with E-state index in [1.54, 1.807) is 7.11 Å². The summed E-state index contributed by atoms with van der Waals surface area (Å²) in [6.07, 6.45) is 5.07. The van der Waals surface area contributed by atoms with Gasteiger partial charge in [0.25, 0.3) is 0 Å². The van der Waals surface area contributed by atoms with Gasteiger partial charge in [0.1, 0.15) is 0 Å². The minimum Gasteiger partial charge on any atom is -0.384 e. The average molecular weight is 284 g/mol. The van der Waals surface area contributed by atoms with Crippen molar-refractivity contribution in [2.45, 2.75) is 51.2 Å². The van der Waals surface area contributed by atoms with Crippen LogP contribution in [-0.2, 0) is 9.47 Å². The van der Waals surface area contributed by atoms with Crippen LogP contribution in [0.1, 0.15) is 39.5 Å². The Kier molecular flexibility index (Phi) is 5.84. The van der Waals surface area contributed by atoms with Gasteiger partial charge in [-0.1, -0.05) is 13.8 Å². The molecule has 0 aromatic heterocycles. The van der Waals surface area contributed by atoms with Crippen LogP contribution in [0.3, 0.4) is 0 Å². The predicted molar refractivity (Wildman–Crippen MR) is 81.8 cm³/mol. The number of methoxy groups -OCH3 is 1. The van der Waals surface area contributed by atoms with E-state index in [-0.39, 0.29) is 5.54 Å². The van der Waals surface area contributed by atoms with E-state index < -0.39 is 0 Å². The molecule has 0 bridgehead atoms. The first-order valence-corrected chi connectivity index (χ1v) is 8.17. The molecule has 0 spiro atoms. The van der Waals surface area contributed by atoms with E-state index in [0.29, 0.717) is 17.9 Å². The molecule has 3 atom stereocenters. The predicted octanol–water partition coefficient (Wildman–Crippen LogP) is 1.88. The van der Waals surface area contributed by atoms with Gasteiger partial charge in [-0.15, -0.1) is 0 Å². The lowest BCUT2D eigenvalue weighted by atomic mass is 9.80.